The van der Waals surface area contributed by atoms with Gasteiger partial charge in [-0.15, -0.1) is 0 Å². The molecule has 1 amide bonds. The maximum absolute atomic E-state index is 12.6. The molecule has 0 radical (unpaired) electrons. The molecule has 9 heteroatoms. The highest BCUT2D eigenvalue weighted by Crippen LogP contribution is 2.28. The highest BCUT2D eigenvalue weighted by Gasteiger charge is 2.16. The smallest absolute Gasteiger partial charge is 0.261 e. The maximum atomic E-state index is 12.6. The average molecular weight is 499 g/mol. The minimum atomic E-state index is -0.483. The molecule has 1 aromatic heterocycles. The first kappa shape index (κ1) is 25.2. The third-order valence-corrected chi connectivity index (χ3v) is 5.81. The lowest BCUT2D eigenvalue weighted by atomic mass is 10.1. The van der Waals surface area contributed by atoms with Crippen molar-refractivity contribution in [3.63, 3.8) is 0 Å². The molecule has 0 bridgehead atoms. The number of carbonyl (C=O) groups is 1. The van der Waals surface area contributed by atoms with Gasteiger partial charge in [-0.05, 0) is 54.8 Å². The SMILES string of the molecule is COc1ccc(CCNC(=O)C(C#N)=Cc2c(C)nn(Cc3ccc(Cl)cc3)c2Cl)cc1OC. The van der Waals surface area contributed by atoms with Gasteiger partial charge in [0.15, 0.2) is 11.5 Å². The fourth-order valence-electron chi connectivity index (χ4n) is 3.34. The Kier molecular flexibility index (Phi) is 8.58. The summed E-state index contributed by atoms with van der Waals surface area (Å²) in [6.45, 7) is 2.56. The van der Waals surface area contributed by atoms with E-state index in [1.807, 2.05) is 36.4 Å². The number of nitrogens with zero attached hydrogens (tertiary/aromatic N) is 3. The number of carbonyl (C=O) groups excluding carboxylic acids is 1. The number of aryl methyl sites for hydroxylation is 1. The zero-order chi connectivity index (χ0) is 24.7. The zero-order valence-electron chi connectivity index (χ0n) is 19.1. The van der Waals surface area contributed by atoms with Crippen LogP contribution in [0.5, 0.6) is 11.5 Å². The first-order valence-corrected chi connectivity index (χ1v) is 11.2. The lowest BCUT2D eigenvalue weighted by Crippen LogP contribution is -2.26. The van der Waals surface area contributed by atoms with Crippen LogP contribution >= 0.6 is 23.2 Å². The standard InChI is InChI=1S/C25H24Cl2N4O3/c1-16-21(24(27)31(30-16)15-18-4-7-20(26)8-5-18)13-19(14-28)25(32)29-11-10-17-6-9-22(33-2)23(12-17)34-3/h4-9,12-13H,10-11,15H2,1-3H3,(H,29,32). The zero-order valence-corrected chi connectivity index (χ0v) is 20.6. The van der Waals surface area contributed by atoms with Gasteiger partial charge in [0, 0.05) is 17.1 Å². The number of aromatic nitrogens is 2. The van der Waals surface area contributed by atoms with E-state index in [2.05, 4.69) is 10.4 Å². The number of nitrogens with one attached hydrogen (secondary N) is 1. The number of benzene rings is 2. The fraction of sp³-hybridized carbons (Fsp3) is 0.240. The minimum Gasteiger partial charge on any atom is -0.493 e. The summed E-state index contributed by atoms with van der Waals surface area (Å²) in [4.78, 5) is 12.6. The molecule has 0 saturated heterocycles. The van der Waals surface area contributed by atoms with E-state index in [1.165, 1.54) is 6.08 Å². The van der Waals surface area contributed by atoms with Crippen molar-refractivity contribution in [2.45, 2.75) is 19.9 Å². The number of hydrogen-bond donors (Lipinski definition) is 1. The van der Waals surface area contributed by atoms with Gasteiger partial charge in [-0.3, -0.25) is 4.79 Å². The van der Waals surface area contributed by atoms with Crippen molar-refractivity contribution >= 4 is 35.2 Å². The quantitative estimate of drug-likeness (QED) is 0.337. The number of amides is 1. The second kappa shape index (κ2) is 11.6. The Balaban J connectivity index is 1.68. The van der Waals surface area contributed by atoms with Crippen molar-refractivity contribution in [1.82, 2.24) is 15.1 Å². The second-order valence-corrected chi connectivity index (χ2v) is 8.23. The topological polar surface area (TPSA) is 89.2 Å². The summed E-state index contributed by atoms with van der Waals surface area (Å²) in [5.74, 6) is 0.766. The molecule has 0 aliphatic heterocycles. The molecule has 3 aromatic rings. The molecule has 2 aromatic carbocycles. The lowest BCUT2D eigenvalue weighted by Gasteiger charge is -2.10. The molecule has 3 rings (SSSR count). The highest BCUT2D eigenvalue weighted by atomic mass is 35.5. The molecular weight excluding hydrogens is 475 g/mol. The van der Waals surface area contributed by atoms with Crippen molar-refractivity contribution < 1.29 is 14.3 Å². The number of hydrogen-bond acceptors (Lipinski definition) is 5. The molecule has 0 unspecified atom stereocenters. The molecule has 1 N–H and O–H groups in total. The van der Waals surface area contributed by atoms with Crippen LogP contribution in [0.1, 0.15) is 22.4 Å². The van der Waals surface area contributed by atoms with E-state index in [1.54, 1.807) is 38.0 Å². The van der Waals surface area contributed by atoms with Crippen LogP contribution in [0.15, 0.2) is 48.0 Å². The fourth-order valence-corrected chi connectivity index (χ4v) is 3.76. The van der Waals surface area contributed by atoms with E-state index < -0.39 is 5.91 Å². The van der Waals surface area contributed by atoms with Crippen LogP contribution in [-0.4, -0.2) is 36.5 Å². The van der Waals surface area contributed by atoms with E-state index in [0.717, 1.165) is 11.1 Å². The van der Waals surface area contributed by atoms with Gasteiger partial charge in [0.1, 0.15) is 16.8 Å². The monoisotopic (exact) mass is 498 g/mol. The summed E-state index contributed by atoms with van der Waals surface area (Å²) in [5, 5.41) is 17.8. The predicted molar refractivity (Wildman–Crippen MR) is 132 cm³/mol. The first-order chi connectivity index (χ1) is 16.4. The largest absolute Gasteiger partial charge is 0.493 e. The normalized spacial score (nSPS) is 11.1. The van der Waals surface area contributed by atoms with Gasteiger partial charge in [-0.1, -0.05) is 41.4 Å². The van der Waals surface area contributed by atoms with E-state index in [4.69, 9.17) is 32.7 Å². The van der Waals surface area contributed by atoms with Gasteiger partial charge in [0.05, 0.1) is 26.5 Å². The molecule has 0 aliphatic rings. The van der Waals surface area contributed by atoms with Crippen LogP contribution < -0.4 is 14.8 Å². The summed E-state index contributed by atoms with van der Waals surface area (Å²) in [5.41, 5.74) is 3.02. The molecule has 0 aliphatic carbocycles. The summed E-state index contributed by atoms with van der Waals surface area (Å²) in [6.07, 6.45) is 2.03. The van der Waals surface area contributed by atoms with E-state index in [9.17, 15) is 10.1 Å². The third kappa shape index (κ3) is 6.10. The van der Waals surface area contributed by atoms with E-state index in [-0.39, 0.29) is 5.57 Å². The summed E-state index contributed by atoms with van der Waals surface area (Å²) >= 11 is 12.5. The summed E-state index contributed by atoms with van der Waals surface area (Å²) in [6, 6.07) is 14.9. The third-order valence-electron chi connectivity index (χ3n) is 5.16. The van der Waals surface area contributed by atoms with Crippen LogP contribution in [0.2, 0.25) is 10.2 Å². The average Bonchev–Trinajstić information content (AvgIpc) is 3.10. The van der Waals surface area contributed by atoms with Gasteiger partial charge in [0.25, 0.3) is 5.91 Å². The van der Waals surface area contributed by atoms with Crippen LogP contribution in [-0.2, 0) is 17.8 Å². The molecule has 7 nitrogen and oxygen atoms in total. The van der Waals surface area contributed by atoms with Gasteiger partial charge in [-0.2, -0.15) is 10.4 Å². The van der Waals surface area contributed by atoms with E-state index in [0.29, 0.717) is 52.4 Å². The molecule has 0 spiro atoms. The Bertz CT molecular complexity index is 1240. The lowest BCUT2D eigenvalue weighted by molar-refractivity contribution is -0.117. The molecule has 176 valence electrons. The summed E-state index contributed by atoms with van der Waals surface area (Å²) < 4.78 is 12.2. The van der Waals surface area contributed by atoms with Crippen molar-refractivity contribution in [3.05, 3.63) is 80.6 Å². The predicted octanol–water partition coefficient (Wildman–Crippen LogP) is 4.83. The molecular formula is C25H24Cl2N4O3. The number of methoxy groups -OCH3 is 2. The van der Waals surface area contributed by atoms with Gasteiger partial charge in [-0.25, -0.2) is 4.68 Å². The maximum Gasteiger partial charge on any atom is 0.261 e. The van der Waals surface area contributed by atoms with Crippen molar-refractivity contribution in [2.75, 3.05) is 20.8 Å². The van der Waals surface area contributed by atoms with Gasteiger partial charge >= 0.3 is 0 Å². The molecule has 1 heterocycles. The number of nitriles is 1. The molecule has 0 fully saturated rings. The second-order valence-electron chi connectivity index (χ2n) is 7.44. The Morgan fingerprint density at radius 1 is 1.12 bits per heavy atom. The molecule has 34 heavy (non-hydrogen) atoms. The Hall–Kier alpha value is -3.47. The Morgan fingerprint density at radius 2 is 1.79 bits per heavy atom. The Labute approximate surface area is 208 Å². The Morgan fingerprint density at radius 3 is 2.44 bits per heavy atom. The number of rotatable bonds is 9. The minimum absolute atomic E-state index is 0.0524. The molecule has 0 atom stereocenters. The van der Waals surface area contributed by atoms with Crippen LogP contribution in [0.25, 0.3) is 6.08 Å². The first-order valence-electron chi connectivity index (χ1n) is 10.4. The van der Waals surface area contributed by atoms with E-state index >= 15 is 0 Å². The van der Waals surface area contributed by atoms with Crippen molar-refractivity contribution in [2.24, 2.45) is 0 Å². The van der Waals surface area contributed by atoms with Crippen molar-refractivity contribution in [3.8, 4) is 17.6 Å². The van der Waals surface area contributed by atoms with Crippen LogP contribution in [0, 0.1) is 18.3 Å². The molecule has 0 saturated carbocycles. The number of ether oxygens (including phenoxy) is 2. The highest BCUT2D eigenvalue weighted by molar-refractivity contribution is 6.31. The van der Waals surface area contributed by atoms with Crippen LogP contribution in [0.3, 0.4) is 0 Å². The number of halogens is 2. The summed E-state index contributed by atoms with van der Waals surface area (Å²) in [7, 11) is 3.14. The van der Waals surface area contributed by atoms with Crippen LogP contribution in [0.4, 0.5) is 0 Å². The van der Waals surface area contributed by atoms with Gasteiger partial charge < -0.3 is 14.8 Å². The van der Waals surface area contributed by atoms with Crippen molar-refractivity contribution in [1.29, 1.82) is 5.26 Å². The van der Waals surface area contributed by atoms with Gasteiger partial charge in [0.2, 0.25) is 0 Å².